The molecule has 0 saturated carbocycles. The van der Waals surface area contributed by atoms with Gasteiger partial charge in [-0.1, -0.05) is 6.07 Å². The first-order valence-corrected chi connectivity index (χ1v) is 8.30. The fraction of sp³-hybridized carbons (Fsp3) is 0.118. The number of nitrogens with zero attached hydrogens (tertiary/aromatic N) is 2. The van der Waals surface area contributed by atoms with Gasteiger partial charge in [-0.3, -0.25) is 20.4 Å². The Hall–Kier alpha value is -3.13. The van der Waals surface area contributed by atoms with Crippen molar-refractivity contribution >= 4 is 28.8 Å². The lowest BCUT2D eigenvalue weighted by molar-refractivity contribution is 0.0844. The highest BCUT2D eigenvalue weighted by molar-refractivity contribution is 7.13. The first-order chi connectivity index (χ1) is 12.0. The van der Waals surface area contributed by atoms with Gasteiger partial charge in [-0.05, 0) is 30.3 Å². The SMILES string of the molecule is CN(C)c1cccc(C(=O)NNC(=O)c2csc(-c3ccco3)n2)c1. The molecule has 0 fully saturated rings. The van der Waals surface area contributed by atoms with Crippen LogP contribution in [0.1, 0.15) is 20.8 Å². The first-order valence-electron chi connectivity index (χ1n) is 7.42. The largest absolute Gasteiger partial charge is 0.462 e. The van der Waals surface area contributed by atoms with E-state index in [0.29, 0.717) is 16.3 Å². The van der Waals surface area contributed by atoms with E-state index >= 15 is 0 Å². The summed E-state index contributed by atoms with van der Waals surface area (Å²) in [7, 11) is 3.77. The molecular formula is C17H16N4O3S. The summed E-state index contributed by atoms with van der Waals surface area (Å²) in [5.74, 6) is -0.307. The summed E-state index contributed by atoms with van der Waals surface area (Å²) in [6.07, 6.45) is 1.54. The number of thiazole rings is 1. The Kier molecular flexibility index (Phi) is 4.80. The third-order valence-electron chi connectivity index (χ3n) is 3.38. The summed E-state index contributed by atoms with van der Waals surface area (Å²) >= 11 is 1.29. The number of amides is 2. The van der Waals surface area contributed by atoms with Crippen LogP contribution in [0.3, 0.4) is 0 Å². The molecule has 2 N–H and O–H groups in total. The van der Waals surface area contributed by atoms with Crippen molar-refractivity contribution in [3.8, 4) is 10.8 Å². The Balaban J connectivity index is 1.62. The molecule has 0 unspecified atom stereocenters. The highest BCUT2D eigenvalue weighted by atomic mass is 32.1. The molecule has 0 aliphatic carbocycles. The predicted octanol–water partition coefficient (Wildman–Crippen LogP) is 2.54. The Morgan fingerprint density at radius 1 is 1.12 bits per heavy atom. The monoisotopic (exact) mass is 356 g/mol. The molecule has 2 heterocycles. The Labute approximate surface area is 148 Å². The van der Waals surface area contributed by atoms with Crippen LogP contribution in [-0.2, 0) is 0 Å². The second kappa shape index (κ2) is 7.18. The van der Waals surface area contributed by atoms with Gasteiger partial charge < -0.3 is 9.32 Å². The number of anilines is 1. The van der Waals surface area contributed by atoms with E-state index in [-0.39, 0.29) is 5.69 Å². The van der Waals surface area contributed by atoms with Gasteiger partial charge in [0.25, 0.3) is 11.8 Å². The van der Waals surface area contributed by atoms with Crippen molar-refractivity contribution in [1.29, 1.82) is 0 Å². The molecule has 7 nitrogen and oxygen atoms in total. The summed E-state index contributed by atoms with van der Waals surface area (Å²) in [6, 6.07) is 10.6. The maximum atomic E-state index is 12.2. The Morgan fingerprint density at radius 2 is 1.92 bits per heavy atom. The van der Waals surface area contributed by atoms with E-state index in [1.807, 2.05) is 25.1 Å². The molecule has 0 spiro atoms. The van der Waals surface area contributed by atoms with Crippen molar-refractivity contribution in [2.45, 2.75) is 0 Å². The quantitative estimate of drug-likeness (QED) is 0.702. The van der Waals surface area contributed by atoms with Gasteiger partial charge >= 0.3 is 0 Å². The van der Waals surface area contributed by atoms with E-state index in [1.54, 1.807) is 42.0 Å². The van der Waals surface area contributed by atoms with Crippen LogP contribution in [-0.4, -0.2) is 30.9 Å². The zero-order chi connectivity index (χ0) is 17.8. The van der Waals surface area contributed by atoms with Crippen LogP contribution in [0.2, 0.25) is 0 Å². The Bertz CT molecular complexity index is 887. The molecule has 3 rings (SSSR count). The number of furan rings is 1. The molecule has 0 aliphatic heterocycles. The number of carbonyl (C=O) groups is 2. The zero-order valence-corrected chi connectivity index (χ0v) is 14.5. The summed E-state index contributed by atoms with van der Waals surface area (Å²) < 4.78 is 5.24. The van der Waals surface area contributed by atoms with Crippen molar-refractivity contribution in [3.05, 3.63) is 59.3 Å². The molecule has 2 amide bonds. The first kappa shape index (κ1) is 16.7. The van der Waals surface area contributed by atoms with Crippen molar-refractivity contribution in [3.63, 3.8) is 0 Å². The maximum Gasteiger partial charge on any atom is 0.289 e. The predicted molar refractivity (Wildman–Crippen MR) is 95.5 cm³/mol. The topological polar surface area (TPSA) is 87.5 Å². The van der Waals surface area contributed by atoms with Crippen LogP contribution in [0.15, 0.2) is 52.5 Å². The van der Waals surface area contributed by atoms with E-state index in [4.69, 9.17) is 4.42 Å². The molecule has 0 saturated heterocycles. The number of hydrogen-bond donors (Lipinski definition) is 2. The second-order valence-corrected chi connectivity index (χ2v) is 6.23. The summed E-state index contributed by atoms with van der Waals surface area (Å²) in [5, 5.41) is 2.20. The van der Waals surface area contributed by atoms with Gasteiger partial charge in [0.15, 0.2) is 10.8 Å². The fourth-order valence-corrected chi connectivity index (χ4v) is 2.83. The second-order valence-electron chi connectivity index (χ2n) is 5.37. The van der Waals surface area contributed by atoms with Gasteiger partial charge in [0.1, 0.15) is 5.69 Å². The van der Waals surface area contributed by atoms with E-state index < -0.39 is 11.8 Å². The van der Waals surface area contributed by atoms with Crippen LogP contribution >= 0.6 is 11.3 Å². The van der Waals surface area contributed by atoms with Crippen molar-refractivity contribution in [2.24, 2.45) is 0 Å². The molecule has 2 aromatic heterocycles. The number of aromatic nitrogens is 1. The van der Waals surface area contributed by atoms with Gasteiger partial charge in [0.05, 0.1) is 6.26 Å². The molecule has 0 atom stereocenters. The number of benzene rings is 1. The zero-order valence-electron chi connectivity index (χ0n) is 13.6. The third kappa shape index (κ3) is 3.86. The van der Waals surface area contributed by atoms with Crippen LogP contribution in [0.4, 0.5) is 5.69 Å². The normalized spacial score (nSPS) is 10.3. The van der Waals surface area contributed by atoms with Crippen molar-refractivity contribution < 1.29 is 14.0 Å². The van der Waals surface area contributed by atoms with Gasteiger partial charge in [-0.2, -0.15) is 0 Å². The van der Waals surface area contributed by atoms with Gasteiger partial charge in [0, 0.05) is 30.7 Å². The van der Waals surface area contributed by atoms with Gasteiger partial charge in [-0.15, -0.1) is 11.3 Å². The minimum Gasteiger partial charge on any atom is -0.462 e. The molecule has 1 aromatic carbocycles. The minimum atomic E-state index is -0.494. The van der Waals surface area contributed by atoms with E-state index in [0.717, 1.165) is 5.69 Å². The lowest BCUT2D eigenvalue weighted by Gasteiger charge is -2.13. The number of hydrogen-bond acceptors (Lipinski definition) is 6. The minimum absolute atomic E-state index is 0.207. The smallest absolute Gasteiger partial charge is 0.289 e. The number of hydrazine groups is 1. The van der Waals surface area contributed by atoms with Crippen LogP contribution in [0.25, 0.3) is 10.8 Å². The number of rotatable bonds is 4. The third-order valence-corrected chi connectivity index (χ3v) is 4.24. The van der Waals surface area contributed by atoms with E-state index in [2.05, 4.69) is 15.8 Å². The molecule has 25 heavy (non-hydrogen) atoms. The number of carbonyl (C=O) groups excluding carboxylic acids is 2. The number of nitrogens with one attached hydrogen (secondary N) is 2. The lowest BCUT2D eigenvalue weighted by Crippen LogP contribution is -2.41. The Morgan fingerprint density at radius 3 is 2.64 bits per heavy atom. The molecule has 128 valence electrons. The summed E-state index contributed by atoms with van der Waals surface area (Å²) in [4.78, 5) is 30.4. The van der Waals surface area contributed by atoms with Crippen molar-refractivity contribution in [2.75, 3.05) is 19.0 Å². The van der Waals surface area contributed by atoms with Gasteiger partial charge in [-0.25, -0.2) is 4.98 Å². The average molecular weight is 356 g/mol. The highest BCUT2D eigenvalue weighted by Gasteiger charge is 2.14. The molecular weight excluding hydrogens is 340 g/mol. The van der Waals surface area contributed by atoms with Gasteiger partial charge in [0.2, 0.25) is 0 Å². The maximum absolute atomic E-state index is 12.2. The van der Waals surface area contributed by atoms with Crippen LogP contribution in [0.5, 0.6) is 0 Å². The van der Waals surface area contributed by atoms with Crippen LogP contribution < -0.4 is 15.8 Å². The van der Waals surface area contributed by atoms with E-state index in [1.165, 1.54) is 11.3 Å². The molecule has 8 heteroatoms. The molecule has 0 radical (unpaired) electrons. The lowest BCUT2D eigenvalue weighted by atomic mass is 10.2. The van der Waals surface area contributed by atoms with Crippen LogP contribution in [0, 0.1) is 0 Å². The molecule has 3 aromatic rings. The molecule has 0 aliphatic rings. The summed E-state index contributed by atoms with van der Waals surface area (Å²) in [5.41, 5.74) is 6.30. The fourth-order valence-electron chi connectivity index (χ4n) is 2.07. The van der Waals surface area contributed by atoms with E-state index in [9.17, 15) is 9.59 Å². The van der Waals surface area contributed by atoms with Crippen molar-refractivity contribution in [1.82, 2.24) is 15.8 Å². The highest BCUT2D eigenvalue weighted by Crippen LogP contribution is 2.23. The summed E-state index contributed by atoms with van der Waals surface area (Å²) in [6.45, 7) is 0. The molecule has 0 bridgehead atoms. The standard InChI is InChI=1S/C17H16N4O3S/c1-21(2)12-6-3-5-11(9-12)15(22)19-20-16(23)13-10-25-17(18-13)14-7-4-8-24-14/h3-10H,1-2H3,(H,19,22)(H,20,23). The average Bonchev–Trinajstić information content (AvgIpc) is 3.30.